The molecule has 1 aromatic heterocycles. The predicted octanol–water partition coefficient (Wildman–Crippen LogP) is 2.02. The van der Waals surface area contributed by atoms with Gasteiger partial charge in [-0.05, 0) is 32.1 Å². The first-order chi connectivity index (χ1) is 10.9. The van der Waals surface area contributed by atoms with Gasteiger partial charge in [0.1, 0.15) is 6.20 Å². The summed E-state index contributed by atoms with van der Waals surface area (Å²) in [5.41, 5.74) is 0.477. The number of aromatic nitrogens is 1. The first kappa shape index (κ1) is 16.9. The Hall–Kier alpha value is -2.51. The van der Waals surface area contributed by atoms with Gasteiger partial charge < -0.3 is 10.0 Å². The topological polar surface area (TPSA) is 114 Å². The minimum atomic E-state index is -0.841. The number of nitro groups is 1. The van der Waals surface area contributed by atoms with Crippen LogP contribution in [0.25, 0.3) is 0 Å². The Morgan fingerprint density at radius 2 is 2.26 bits per heavy atom. The van der Waals surface area contributed by atoms with Crippen LogP contribution >= 0.6 is 0 Å². The van der Waals surface area contributed by atoms with E-state index in [4.69, 9.17) is 5.11 Å². The number of aryl methyl sites for hydroxylation is 1. The molecule has 2 rings (SSSR count). The van der Waals surface area contributed by atoms with Crippen LogP contribution in [0.4, 0.5) is 5.69 Å². The van der Waals surface area contributed by atoms with Crippen LogP contribution in [0.15, 0.2) is 12.3 Å². The zero-order chi connectivity index (χ0) is 17.0. The lowest BCUT2D eigenvalue weighted by molar-refractivity contribution is -0.385. The van der Waals surface area contributed by atoms with Crippen molar-refractivity contribution in [1.82, 2.24) is 9.88 Å². The molecule has 1 aliphatic heterocycles. The molecule has 124 valence electrons. The summed E-state index contributed by atoms with van der Waals surface area (Å²) in [6.45, 7) is 2.70. The van der Waals surface area contributed by atoms with E-state index in [0.29, 0.717) is 25.2 Å². The number of hydrogen-bond donors (Lipinski definition) is 1. The molecule has 0 radical (unpaired) electrons. The number of rotatable bonds is 5. The molecule has 0 aromatic carbocycles. The van der Waals surface area contributed by atoms with Gasteiger partial charge in [-0.2, -0.15) is 0 Å². The number of carboxylic acid groups (broad SMARTS) is 1. The van der Waals surface area contributed by atoms with Crippen molar-refractivity contribution in [2.75, 3.05) is 13.1 Å². The number of carboxylic acids is 1. The van der Waals surface area contributed by atoms with Crippen molar-refractivity contribution >= 4 is 17.6 Å². The molecule has 1 saturated heterocycles. The molecule has 23 heavy (non-hydrogen) atoms. The fraction of sp³-hybridized carbons (Fsp3) is 0.533. The fourth-order valence-corrected chi connectivity index (χ4v) is 2.82. The number of likely N-dealkylation sites (tertiary alicyclic amines) is 1. The first-order valence-corrected chi connectivity index (χ1v) is 7.50. The second kappa shape index (κ2) is 7.17. The molecular formula is C15H19N3O5. The third-order valence-corrected chi connectivity index (χ3v) is 4.09. The van der Waals surface area contributed by atoms with Gasteiger partial charge in [0.05, 0.1) is 16.2 Å². The SMILES string of the molecule is Cc1ncc([N+](=O)[O-])cc1C(=O)N1CCCC(CCC(=O)O)C1. The van der Waals surface area contributed by atoms with Crippen molar-refractivity contribution < 1.29 is 19.6 Å². The monoisotopic (exact) mass is 321 g/mol. The van der Waals surface area contributed by atoms with Gasteiger partial charge in [-0.25, -0.2) is 0 Å². The number of hydrogen-bond acceptors (Lipinski definition) is 5. The second-order valence-electron chi connectivity index (χ2n) is 5.78. The van der Waals surface area contributed by atoms with E-state index in [1.54, 1.807) is 11.8 Å². The van der Waals surface area contributed by atoms with E-state index in [2.05, 4.69) is 4.98 Å². The largest absolute Gasteiger partial charge is 0.481 e. The Labute approximate surface area is 133 Å². The molecule has 1 amide bonds. The maximum Gasteiger partial charge on any atom is 0.303 e. The third kappa shape index (κ3) is 4.24. The molecule has 1 fully saturated rings. The van der Waals surface area contributed by atoms with Gasteiger partial charge in [0.15, 0.2) is 0 Å². The molecule has 1 atom stereocenters. The van der Waals surface area contributed by atoms with Crippen molar-refractivity contribution in [3.63, 3.8) is 0 Å². The normalized spacial score (nSPS) is 17.8. The Kier molecular flexibility index (Phi) is 5.25. The van der Waals surface area contributed by atoms with Gasteiger partial charge >= 0.3 is 5.97 Å². The van der Waals surface area contributed by atoms with Crippen molar-refractivity contribution in [2.24, 2.45) is 5.92 Å². The summed E-state index contributed by atoms with van der Waals surface area (Å²) < 4.78 is 0. The summed E-state index contributed by atoms with van der Waals surface area (Å²) in [7, 11) is 0. The van der Waals surface area contributed by atoms with Crippen LogP contribution in [0.1, 0.15) is 41.7 Å². The number of pyridine rings is 1. The molecular weight excluding hydrogens is 302 g/mol. The maximum atomic E-state index is 12.6. The first-order valence-electron chi connectivity index (χ1n) is 7.50. The van der Waals surface area contributed by atoms with E-state index in [1.165, 1.54) is 6.07 Å². The number of nitrogens with zero attached hydrogens (tertiary/aromatic N) is 3. The van der Waals surface area contributed by atoms with Gasteiger partial charge in [-0.15, -0.1) is 0 Å². The summed E-state index contributed by atoms with van der Waals surface area (Å²) in [5, 5.41) is 19.6. The molecule has 0 aliphatic carbocycles. The van der Waals surface area contributed by atoms with E-state index in [0.717, 1.165) is 19.0 Å². The van der Waals surface area contributed by atoms with E-state index in [9.17, 15) is 19.7 Å². The lowest BCUT2D eigenvalue weighted by Gasteiger charge is -2.32. The fourth-order valence-electron chi connectivity index (χ4n) is 2.82. The number of amides is 1. The number of carbonyl (C=O) groups is 2. The molecule has 8 nitrogen and oxygen atoms in total. The molecule has 0 spiro atoms. The average molecular weight is 321 g/mol. The van der Waals surface area contributed by atoms with Gasteiger partial charge in [0.2, 0.25) is 0 Å². The Balaban J connectivity index is 2.11. The molecule has 1 unspecified atom stereocenters. The summed E-state index contributed by atoms with van der Waals surface area (Å²) in [6, 6.07) is 1.26. The van der Waals surface area contributed by atoms with Crippen LogP contribution in [0, 0.1) is 23.0 Å². The van der Waals surface area contributed by atoms with Gasteiger partial charge in [0.25, 0.3) is 11.6 Å². The van der Waals surface area contributed by atoms with Crippen molar-refractivity contribution in [2.45, 2.75) is 32.6 Å². The molecule has 8 heteroatoms. The summed E-state index contributed by atoms with van der Waals surface area (Å²) in [4.78, 5) is 39.1. The summed E-state index contributed by atoms with van der Waals surface area (Å²) in [6.07, 6.45) is 3.45. The second-order valence-corrected chi connectivity index (χ2v) is 5.78. The zero-order valence-corrected chi connectivity index (χ0v) is 12.9. The molecule has 1 aliphatic rings. The van der Waals surface area contributed by atoms with Crippen LogP contribution in [0.5, 0.6) is 0 Å². The van der Waals surface area contributed by atoms with Crippen LogP contribution in [-0.2, 0) is 4.79 Å². The predicted molar refractivity (Wildman–Crippen MR) is 81.1 cm³/mol. The Morgan fingerprint density at radius 1 is 1.52 bits per heavy atom. The number of carbonyl (C=O) groups excluding carboxylic acids is 1. The smallest absolute Gasteiger partial charge is 0.303 e. The van der Waals surface area contributed by atoms with Crippen LogP contribution in [0.3, 0.4) is 0 Å². The Bertz CT molecular complexity index is 632. The minimum Gasteiger partial charge on any atom is -0.481 e. The lowest BCUT2D eigenvalue weighted by atomic mass is 9.93. The van der Waals surface area contributed by atoms with Crippen LogP contribution < -0.4 is 0 Å². The Morgan fingerprint density at radius 3 is 2.91 bits per heavy atom. The van der Waals surface area contributed by atoms with Gasteiger partial charge in [-0.1, -0.05) is 0 Å². The molecule has 1 N–H and O–H groups in total. The van der Waals surface area contributed by atoms with Crippen molar-refractivity contribution in [3.05, 3.63) is 33.6 Å². The van der Waals surface area contributed by atoms with Crippen molar-refractivity contribution in [3.8, 4) is 0 Å². The highest BCUT2D eigenvalue weighted by Gasteiger charge is 2.27. The molecule has 0 bridgehead atoms. The van der Waals surface area contributed by atoms with E-state index >= 15 is 0 Å². The average Bonchev–Trinajstić information content (AvgIpc) is 2.52. The van der Waals surface area contributed by atoms with Gasteiger partial charge in [-0.3, -0.25) is 24.7 Å². The van der Waals surface area contributed by atoms with Gasteiger partial charge in [0, 0.05) is 25.6 Å². The number of aliphatic carboxylic acids is 1. The quantitative estimate of drug-likeness (QED) is 0.655. The standard InChI is InChI=1S/C15H19N3O5/c1-10-13(7-12(8-16-10)18(22)23)15(21)17-6-2-3-11(9-17)4-5-14(19)20/h7-8,11H,2-6,9H2,1H3,(H,19,20). The highest BCUT2D eigenvalue weighted by Crippen LogP contribution is 2.24. The zero-order valence-electron chi connectivity index (χ0n) is 12.9. The highest BCUT2D eigenvalue weighted by molar-refractivity contribution is 5.95. The molecule has 1 aromatic rings. The van der Waals surface area contributed by atoms with Crippen LogP contribution in [-0.4, -0.2) is 44.9 Å². The lowest BCUT2D eigenvalue weighted by Crippen LogP contribution is -2.40. The van der Waals surface area contributed by atoms with Crippen LogP contribution in [0.2, 0.25) is 0 Å². The highest BCUT2D eigenvalue weighted by atomic mass is 16.6. The maximum absolute atomic E-state index is 12.6. The molecule has 0 saturated carbocycles. The van der Waals surface area contributed by atoms with E-state index in [1.807, 2.05) is 0 Å². The van der Waals surface area contributed by atoms with Crippen molar-refractivity contribution in [1.29, 1.82) is 0 Å². The molecule has 2 heterocycles. The summed E-state index contributed by atoms with van der Waals surface area (Å²) >= 11 is 0. The van der Waals surface area contributed by atoms with E-state index < -0.39 is 10.9 Å². The summed E-state index contributed by atoms with van der Waals surface area (Å²) in [5.74, 6) is -0.971. The minimum absolute atomic E-state index is 0.0874. The number of piperidine rings is 1. The van der Waals surface area contributed by atoms with E-state index in [-0.39, 0.29) is 29.5 Å². The third-order valence-electron chi connectivity index (χ3n) is 4.09.